The first-order valence-electron chi connectivity index (χ1n) is 8.31. The molecule has 2 aromatic rings. The summed E-state index contributed by atoms with van der Waals surface area (Å²) in [6, 6.07) is 12.9. The minimum atomic E-state index is -0.574. The lowest BCUT2D eigenvalue weighted by Gasteiger charge is -2.19. The minimum Gasteiger partial charge on any atom is -0.480 e. The van der Waals surface area contributed by atoms with Crippen molar-refractivity contribution in [1.82, 2.24) is 0 Å². The smallest absolute Gasteiger partial charge is 0.265 e. The topological polar surface area (TPSA) is 67.4 Å². The fourth-order valence-corrected chi connectivity index (χ4v) is 2.37. The third kappa shape index (κ3) is 5.35. The largest absolute Gasteiger partial charge is 0.480 e. The van der Waals surface area contributed by atoms with Crippen molar-refractivity contribution >= 4 is 23.2 Å². The summed E-state index contributed by atoms with van der Waals surface area (Å²) in [7, 11) is 0. The molecule has 0 aromatic heterocycles. The molecule has 2 rings (SSSR count). The second kappa shape index (κ2) is 8.33. The third-order valence-electron chi connectivity index (χ3n) is 3.75. The molecule has 0 saturated carbocycles. The van der Waals surface area contributed by atoms with Crippen LogP contribution in [0.4, 0.5) is 11.4 Å². The molecule has 0 spiro atoms. The highest BCUT2D eigenvalue weighted by Crippen LogP contribution is 2.22. The van der Waals surface area contributed by atoms with Crippen molar-refractivity contribution in [2.24, 2.45) is 0 Å². The van der Waals surface area contributed by atoms with Gasteiger partial charge in [0.15, 0.2) is 6.10 Å². The number of nitrogens with one attached hydrogen (secondary N) is 2. The first kappa shape index (κ1) is 18.5. The Labute approximate surface area is 148 Å². The monoisotopic (exact) mass is 340 g/mol. The number of carbonyl (C=O) groups is 2. The average Bonchev–Trinajstić information content (AvgIpc) is 2.56. The lowest BCUT2D eigenvalue weighted by atomic mass is 10.1. The van der Waals surface area contributed by atoms with Crippen LogP contribution in [0.3, 0.4) is 0 Å². The van der Waals surface area contributed by atoms with E-state index in [4.69, 9.17) is 4.74 Å². The van der Waals surface area contributed by atoms with E-state index in [0.717, 1.165) is 16.9 Å². The number of carbonyl (C=O) groups excluding carboxylic acids is 2. The standard InChI is InChI=1S/C20H24N2O3/c1-5-18(25-19-12-13(2)6-7-14(19)3)20(24)22-17-10-8-16(9-11-17)21-15(4)23/h6-12,18H,5H2,1-4H3,(H,21,23)(H,22,24)/t18-/m1/s1. The van der Waals surface area contributed by atoms with Gasteiger partial charge in [-0.2, -0.15) is 0 Å². The van der Waals surface area contributed by atoms with E-state index in [9.17, 15) is 9.59 Å². The molecular weight excluding hydrogens is 316 g/mol. The van der Waals surface area contributed by atoms with Gasteiger partial charge in [-0.3, -0.25) is 9.59 Å². The predicted octanol–water partition coefficient (Wildman–Crippen LogP) is 4.06. The van der Waals surface area contributed by atoms with Crippen molar-refractivity contribution in [1.29, 1.82) is 0 Å². The zero-order chi connectivity index (χ0) is 18.4. The van der Waals surface area contributed by atoms with E-state index in [1.165, 1.54) is 6.92 Å². The Hall–Kier alpha value is -2.82. The average molecular weight is 340 g/mol. The first-order chi connectivity index (χ1) is 11.9. The molecule has 0 saturated heterocycles. The van der Waals surface area contributed by atoms with Crippen molar-refractivity contribution in [2.45, 2.75) is 40.2 Å². The Morgan fingerprint density at radius 2 is 1.60 bits per heavy atom. The lowest BCUT2D eigenvalue weighted by Crippen LogP contribution is -2.32. The Balaban J connectivity index is 2.04. The zero-order valence-electron chi connectivity index (χ0n) is 15.1. The summed E-state index contributed by atoms with van der Waals surface area (Å²) in [5, 5.41) is 5.54. The highest BCUT2D eigenvalue weighted by molar-refractivity contribution is 5.95. The molecule has 2 N–H and O–H groups in total. The Bertz CT molecular complexity index is 754. The third-order valence-corrected chi connectivity index (χ3v) is 3.75. The summed E-state index contributed by atoms with van der Waals surface area (Å²) in [5.41, 5.74) is 3.42. The highest BCUT2D eigenvalue weighted by Gasteiger charge is 2.19. The second-order valence-corrected chi connectivity index (χ2v) is 6.03. The van der Waals surface area contributed by atoms with Crippen molar-refractivity contribution < 1.29 is 14.3 Å². The second-order valence-electron chi connectivity index (χ2n) is 6.03. The number of hydrogen-bond donors (Lipinski definition) is 2. The molecule has 0 unspecified atom stereocenters. The van der Waals surface area contributed by atoms with Gasteiger partial charge in [-0.15, -0.1) is 0 Å². The number of amides is 2. The van der Waals surface area contributed by atoms with Crippen LogP contribution in [0.15, 0.2) is 42.5 Å². The van der Waals surface area contributed by atoms with Gasteiger partial charge in [0, 0.05) is 18.3 Å². The van der Waals surface area contributed by atoms with Crippen LogP contribution in [0.2, 0.25) is 0 Å². The fourth-order valence-electron chi connectivity index (χ4n) is 2.37. The summed E-state index contributed by atoms with van der Waals surface area (Å²) in [6.07, 6.45) is -0.0149. The molecule has 25 heavy (non-hydrogen) atoms. The van der Waals surface area contributed by atoms with Gasteiger partial charge in [0.05, 0.1) is 0 Å². The summed E-state index contributed by atoms with van der Waals surface area (Å²) in [6.45, 7) is 7.31. The van der Waals surface area contributed by atoms with E-state index >= 15 is 0 Å². The van der Waals surface area contributed by atoms with Crippen LogP contribution in [0.25, 0.3) is 0 Å². The van der Waals surface area contributed by atoms with Gasteiger partial charge >= 0.3 is 0 Å². The number of hydrogen-bond acceptors (Lipinski definition) is 3. The number of rotatable bonds is 6. The van der Waals surface area contributed by atoms with Gasteiger partial charge in [0.2, 0.25) is 5.91 Å². The van der Waals surface area contributed by atoms with Gasteiger partial charge in [0.1, 0.15) is 5.75 Å². The van der Waals surface area contributed by atoms with Crippen LogP contribution in [0.1, 0.15) is 31.4 Å². The molecule has 132 valence electrons. The number of anilines is 2. The van der Waals surface area contributed by atoms with Crippen LogP contribution in [0, 0.1) is 13.8 Å². The van der Waals surface area contributed by atoms with Crippen molar-refractivity contribution in [3.8, 4) is 5.75 Å². The summed E-state index contributed by atoms with van der Waals surface area (Å²) < 4.78 is 5.92. The highest BCUT2D eigenvalue weighted by atomic mass is 16.5. The summed E-state index contributed by atoms with van der Waals surface area (Å²) >= 11 is 0. The molecule has 2 amide bonds. The van der Waals surface area contributed by atoms with Gasteiger partial charge in [0.25, 0.3) is 5.91 Å². The van der Waals surface area contributed by atoms with Gasteiger partial charge < -0.3 is 15.4 Å². The zero-order valence-corrected chi connectivity index (χ0v) is 15.1. The molecule has 0 heterocycles. The summed E-state index contributed by atoms with van der Waals surface area (Å²) in [4.78, 5) is 23.5. The van der Waals surface area contributed by atoms with Crippen LogP contribution in [0.5, 0.6) is 5.75 Å². The maximum atomic E-state index is 12.5. The van der Waals surface area contributed by atoms with Gasteiger partial charge in [-0.25, -0.2) is 0 Å². The molecule has 5 heteroatoms. The van der Waals surface area contributed by atoms with E-state index < -0.39 is 6.10 Å². The van der Waals surface area contributed by atoms with E-state index in [1.54, 1.807) is 24.3 Å². The molecule has 0 radical (unpaired) electrons. The Morgan fingerprint density at radius 3 is 2.16 bits per heavy atom. The number of benzene rings is 2. The van der Waals surface area contributed by atoms with E-state index in [0.29, 0.717) is 17.8 Å². The predicted molar refractivity (Wildman–Crippen MR) is 100.0 cm³/mol. The van der Waals surface area contributed by atoms with E-state index in [-0.39, 0.29) is 11.8 Å². The van der Waals surface area contributed by atoms with Crippen LogP contribution in [-0.4, -0.2) is 17.9 Å². The molecule has 0 aliphatic carbocycles. The molecule has 0 aliphatic rings. The van der Waals surface area contributed by atoms with Crippen LogP contribution in [-0.2, 0) is 9.59 Å². The molecule has 2 aromatic carbocycles. The van der Waals surface area contributed by atoms with Crippen molar-refractivity contribution in [3.63, 3.8) is 0 Å². The lowest BCUT2D eigenvalue weighted by molar-refractivity contribution is -0.122. The number of aryl methyl sites for hydroxylation is 2. The quantitative estimate of drug-likeness (QED) is 0.833. The minimum absolute atomic E-state index is 0.134. The molecule has 1 atom stereocenters. The van der Waals surface area contributed by atoms with Gasteiger partial charge in [-0.1, -0.05) is 19.1 Å². The number of ether oxygens (including phenoxy) is 1. The maximum absolute atomic E-state index is 12.5. The normalized spacial score (nSPS) is 11.5. The summed E-state index contributed by atoms with van der Waals surface area (Å²) in [5.74, 6) is 0.392. The molecule has 0 fully saturated rings. The van der Waals surface area contributed by atoms with E-state index in [2.05, 4.69) is 10.6 Å². The molecule has 5 nitrogen and oxygen atoms in total. The van der Waals surface area contributed by atoms with Gasteiger partial charge in [-0.05, 0) is 61.7 Å². The fraction of sp³-hybridized carbons (Fsp3) is 0.300. The van der Waals surface area contributed by atoms with Crippen molar-refractivity contribution in [3.05, 3.63) is 53.6 Å². The Morgan fingerprint density at radius 1 is 1.00 bits per heavy atom. The van der Waals surface area contributed by atoms with Crippen molar-refractivity contribution in [2.75, 3.05) is 10.6 Å². The van der Waals surface area contributed by atoms with Crippen LogP contribution < -0.4 is 15.4 Å². The van der Waals surface area contributed by atoms with E-state index in [1.807, 2.05) is 39.0 Å². The molecule has 0 bridgehead atoms. The Kier molecular flexibility index (Phi) is 6.17. The first-order valence-corrected chi connectivity index (χ1v) is 8.31. The van der Waals surface area contributed by atoms with Crippen LogP contribution >= 0.6 is 0 Å². The molecular formula is C20H24N2O3. The SMILES string of the molecule is CC[C@@H](Oc1cc(C)ccc1C)C(=O)Nc1ccc(NC(C)=O)cc1. The molecule has 0 aliphatic heterocycles. The maximum Gasteiger partial charge on any atom is 0.265 e.